The average Bonchev–Trinajstić information content (AvgIpc) is 2.87. The van der Waals surface area contributed by atoms with Gasteiger partial charge in [0.1, 0.15) is 0 Å². The molecule has 2 aliphatic rings. The predicted octanol–water partition coefficient (Wildman–Crippen LogP) is 2.90. The van der Waals surface area contributed by atoms with E-state index in [1.807, 2.05) is 25.1 Å². The van der Waals surface area contributed by atoms with Crippen molar-refractivity contribution in [1.29, 1.82) is 0 Å². The van der Waals surface area contributed by atoms with E-state index in [1.165, 1.54) is 11.1 Å². The van der Waals surface area contributed by atoms with Gasteiger partial charge >= 0.3 is 6.09 Å². The molecule has 0 spiro atoms. The fourth-order valence-corrected chi connectivity index (χ4v) is 2.32. The van der Waals surface area contributed by atoms with E-state index < -0.39 is 0 Å². The molecule has 3 heteroatoms. The maximum atomic E-state index is 11.8. The van der Waals surface area contributed by atoms with E-state index in [9.17, 15) is 4.79 Å². The van der Waals surface area contributed by atoms with Crippen molar-refractivity contribution < 1.29 is 9.53 Å². The fourth-order valence-electron chi connectivity index (χ4n) is 2.32. The number of allylic oxidation sites excluding steroid dienone is 1. The Kier molecular flexibility index (Phi) is 2.25. The number of amides is 1. The van der Waals surface area contributed by atoms with Gasteiger partial charge in [0.2, 0.25) is 0 Å². The molecule has 0 atom stereocenters. The van der Waals surface area contributed by atoms with Gasteiger partial charge in [-0.05, 0) is 24.1 Å². The second-order valence-electron chi connectivity index (χ2n) is 4.04. The van der Waals surface area contributed by atoms with Gasteiger partial charge in [0.05, 0.1) is 12.3 Å². The molecule has 3 nitrogen and oxygen atoms in total. The lowest BCUT2D eigenvalue weighted by Gasteiger charge is -2.16. The molecular formula is C14H13NO2. The summed E-state index contributed by atoms with van der Waals surface area (Å²) in [6.45, 7) is 2.83. The predicted molar refractivity (Wildman–Crippen MR) is 66.1 cm³/mol. The second-order valence-corrected chi connectivity index (χ2v) is 4.04. The van der Waals surface area contributed by atoms with Crippen LogP contribution in [0, 0.1) is 0 Å². The number of carbonyl (C=O) groups is 1. The monoisotopic (exact) mass is 227 g/mol. The minimum atomic E-state index is -0.266. The van der Waals surface area contributed by atoms with E-state index in [0.717, 1.165) is 11.3 Å². The Balaban J connectivity index is 1.94. The van der Waals surface area contributed by atoms with E-state index >= 15 is 0 Å². The summed E-state index contributed by atoms with van der Waals surface area (Å²) in [4.78, 5) is 13.4. The minimum absolute atomic E-state index is 0.266. The highest BCUT2D eigenvalue weighted by Gasteiger charge is 2.31. The molecule has 0 radical (unpaired) electrons. The third-order valence-electron chi connectivity index (χ3n) is 3.08. The highest BCUT2D eigenvalue weighted by molar-refractivity contribution is 5.98. The average molecular weight is 227 g/mol. The number of fused-ring (bicyclic) bond motifs is 3. The summed E-state index contributed by atoms with van der Waals surface area (Å²) in [6, 6.07) is 8.17. The van der Waals surface area contributed by atoms with E-state index in [4.69, 9.17) is 4.74 Å². The first-order chi connectivity index (χ1) is 8.31. The maximum Gasteiger partial charge on any atom is 0.414 e. The molecule has 17 heavy (non-hydrogen) atoms. The molecule has 1 aromatic carbocycles. The van der Waals surface area contributed by atoms with E-state index in [-0.39, 0.29) is 6.09 Å². The van der Waals surface area contributed by atoms with Crippen LogP contribution >= 0.6 is 0 Å². The van der Waals surface area contributed by atoms with Gasteiger partial charge in [-0.25, -0.2) is 4.79 Å². The molecule has 0 bridgehead atoms. The first-order valence-corrected chi connectivity index (χ1v) is 5.77. The fraction of sp³-hybridized carbons (Fsp3) is 0.214. The number of nitrogens with zero attached hydrogens (tertiary/aromatic N) is 1. The first-order valence-electron chi connectivity index (χ1n) is 5.77. The van der Waals surface area contributed by atoms with Crippen LogP contribution in [0.2, 0.25) is 0 Å². The van der Waals surface area contributed by atoms with Crippen LogP contribution in [0.15, 0.2) is 36.0 Å². The molecule has 1 aliphatic heterocycles. The van der Waals surface area contributed by atoms with Gasteiger partial charge in [-0.1, -0.05) is 30.3 Å². The highest BCUT2D eigenvalue weighted by atomic mass is 16.6. The van der Waals surface area contributed by atoms with E-state index in [1.54, 1.807) is 4.90 Å². The van der Waals surface area contributed by atoms with Gasteiger partial charge in [0, 0.05) is 12.1 Å². The van der Waals surface area contributed by atoms with Crippen molar-refractivity contribution >= 4 is 17.7 Å². The SMILES string of the molecule is CCOC(=O)N1CC=C2C1=Cc1ccccc12. The van der Waals surface area contributed by atoms with Crippen LogP contribution < -0.4 is 0 Å². The van der Waals surface area contributed by atoms with Crippen LogP contribution in [0.3, 0.4) is 0 Å². The minimum Gasteiger partial charge on any atom is -0.449 e. The largest absolute Gasteiger partial charge is 0.449 e. The van der Waals surface area contributed by atoms with Crippen molar-refractivity contribution in [1.82, 2.24) is 4.90 Å². The molecule has 1 heterocycles. The number of hydrogen-bond donors (Lipinski definition) is 0. The molecular weight excluding hydrogens is 214 g/mol. The molecule has 0 N–H and O–H groups in total. The molecule has 0 fully saturated rings. The van der Waals surface area contributed by atoms with Crippen LogP contribution in [0.1, 0.15) is 18.1 Å². The summed E-state index contributed by atoms with van der Waals surface area (Å²) >= 11 is 0. The van der Waals surface area contributed by atoms with E-state index in [2.05, 4.69) is 18.2 Å². The van der Waals surface area contributed by atoms with E-state index in [0.29, 0.717) is 13.2 Å². The molecule has 1 amide bonds. The van der Waals surface area contributed by atoms with Crippen molar-refractivity contribution in [2.24, 2.45) is 0 Å². The van der Waals surface area contributed by atoms with Crippen LogP contribution in [0.4, 0.5) is 4.79 Å². The summed E-state index contributed by atoms with van der Waals surface area (Å²) in [7, 11) is 0. The molecule has 86 valence electrons. The third kappa shape index (κ3) is 1.46. The van der Waals surface area contributed by atoms with Crippen LogP contribution in [0.5, 0.6) is 0 Å². The molecule has 1 aromatic rings. The third-order valence-corrected chi connectivity index (χ3v) is 3.08. The van der Waals surface area contributed by atoms with Crippen molar-refractivity contribution in [2.45, 2.75) is 6.92 Å². The number of rotatable bonds is 1. The van der Waals surface area contributed by atoms with Gasteiger partial charge in [-0.2, -0.15) is 0 Å². The van der Waals surface area contributed by atoms with Crippen molar-refractivity contribution in [3.63, 3.8) is 0 Å². The normalized spacial score (nSPS) is 16.2. The van der Waals surface area contributed by atoms with Gasteiger partial charge in [-0.15, -0.1) is 0 Å². The van der Waals surface area contributed by atoms with Crippen molar-refractivity contribution in [2.75, 3.05) is 13.2 Å². The van der Waals surface area contributed by atoms with Gasteiger partial charge < -0.3 is 4.74 Å². The smallest absolute Gasteiger partial charge is 0.414 e. The van der Waals surface area contributed by atoms with Crippen LogP contribution in [-0.2, 0) is 4.74 Å². The van der Waals surface area contributed by atoms with Crippen molar-refractivity contribution in [3.8, 4) is 0 Å². The molecule has 0 saturated heterocycles. The summed E-state index contributed by atoms with van der Waals surface area (Å²) in [5, 5.41) is 0. The zero-order valence-electron chi connectivity index (χ0n) is 9.64. The number of carbonyl (C=O) groups excluding carboxylic acids is 1. The van der Waals surface area contributed by atoms with Crippen LogP contribution in [-0.4, -0.2) is 24.1 Å². The Bertz CT molecular complexity index is 543. The Morgan fingerprint density at radius 1 is 1.41 bits per heavy atom. The van der Waals surface area contributed by atoms with Gasteiger partial charge in [0.25, 0.3) is 0 Å². The Labute approximate surface area is 100.0 Å². The number of benzene rings is 1. The van der Waals surface area contributed by atoms with Gasteiger partial charge in [-0.3, -0.25) is 4.90 Å². The lowest BCUT2D eigenvalue weighted by molar-refractivity contribution is 0.125. The Morgan fingerprint density at radius 2 is 2.24 bits per heavy atom. The Morgan fingerprint density at radius 3 is 3.06 bits per heavy atom. The summed E-state index contributed by atoms with van der Waals surface area (Å²) in [6.07, 6.45) is 3.86. The topological polar surface area (TPSA) is 29.5 Å². The lowest BCUT2D eigenvalue weighted by atomic mass is 10.1. The number of ether oxygens (including phenoxy) is 1. The summed E-state index contributed by atoms with van der Waals surface area (Å²) in [5.74, 6) is 0. The summed E-state index contributed by atoms with van der Waals surface area (Å²) < 4.78 is 5.05. The highest BCUT2D eigenvalue weighted by Crippen LogP contribution is 2.40. The molecule has 0 aromatic heterocycles. The standard InChI is InChI=1S/C14H13NO2/c1-2-17-14(16)15-8-7-12-11-6-4-3-5-10(11)9-13(12)15/h3-7,9H,2,8H2,1H3. The molecule has 0 saturated carbocycles. The molecule has 3 rings (SSSR count). The van der Waals surface area contributed by atoms with Crippen molar-refractivity contribution in [3.05, 3.63) is 47.2 Å². The first kappa shape index (κ1) is 10.1. The molecule has 0 unspecified atom stereocenters. The van der Waals surface area contributed by atoms with Crippen LogP contribution in [0.25, 0.3) is 11.6 Å². The zero-order chi connectivity index (χ0) is 11.8. The quantitative estimate of drug-likeness (QED) is 0.738. The van der Waals surface area contributed by atoms with Gasteiger partial charge in [0.15, 0.2) is 0 Å². The number of hydrogen-bond acceptors (Lipinski definition) is 2. The lowest BCUT2D eigenvalue weighted by Crippen LogP contribution is -2.27. The Hall–Kier alpha value is -2.03. The molecule has 1 aliphatic carbocycles. The second kappa shape index (κ2) is 3.77. The summed E-state index contributed by atoms with van der Waals surface area (Å²) in [5.41, 5.74) is 4.48. The maximum absolute atomic E-state index is 11.8. The zero-order valence-corrected chi connectivity index (χ0v) is 9.64.